The van der Waals surface area contributed by atoms with Crippen molar-refractivity contribution >= 4 is 5.82 Å². The van der Waals surface area contributed by atoms with Crippen molar-refractivity contribution in [2.45, 2.75) is 19.5 Å². The quantitative estimate of drug-likeness (QED) is 0.683. The fourth-order valence-electron chi connectivity index (χ4n) is 1.72. The van der Waals surface area contributed by atoms with Crippen molar-refractivity contribution in [1.29, 1.82) is 0 Å². The number of likely N-dealkylation sites (N-methyl/N-ethyl adjacent to an activating group) is 1. The Morgan fingerprint density at radius 3 is 2.68 bits per heavy atom. The molecule has 0 radical (unpaired) electrons. The largest absolute Gasteiger partial charge is 0.383 e. The average molecular weight is 267 g/mol. The SMILES string of the molecule is COCCNCc1ccc(N(C)C(C)COC)nc1. The Morgan fingerprint density at radius 1 is 1.32 bits per heavy atom. The molecule has 19 heavy (non-hydrogen) atoms. The van der Waals surface area contributed by atoms with Gasteiger partial charge in [-0.25, -0.2) is 4.98 Å². The van der Waals surface area contributed by atoms with E-state index in [0.29, 0.717) is 12.6 Å². The molecule has 0 aromatic carbocycles. The minimum Gasteiger partial charge on any atom is -0.383 e. The van der Waals surface area contributed by atoms with Gasteiger partial charge in [-0.15, -0.1) is 0 Å². The van der Waals surface area contributed by atoms with Crippen molar-refractivity contribution < 1.29 is 9.47 Å². The molecule has 5 heteroatoms. The zero-order valence-corrected chi connectivity index (χ0v) is 12.3. The first-order valence-electron chi connectivity index (χ1n) is 6.55. The molecule has 0 spiro atoms. The highest BCUT2D eigenvalue weighted by Gasteiger charge is 2.10. The van der Waals surface area contributed by atoms with Gasteiger partial charge in [0.05, 0.1) is 19.3 Å². The van der Waals surface area contributed by atoms with E-state index in [1.54, 1.807) is 14.2 Å². The van der Waals surface area contributed by atoms with Crippen molar-refractivity contribution in [2.24, 2.45) is 0 Å². The lowest BCUT2D eigenvalue weighted by atomic mass is 10.2. The fraction of sp³-hybridized carbons (Fsp3) is 0.643. The third-order valence-electron chi connectivity index (χ3n) is 3.05. The number of nitrogens with zero attached hydrogens (tertiary/aromatic N) is 2. The van der Waals surface area contributed by atoms with Gasteiger partial charge in [0.1, 0.15) is 5.82 Å². The zero-order valence-electron chi connectivity index (χ0n) is 12.3. The molecule has 108 valence electrons. The van der Waals surface area contributed by atoms with Crippen LogP contribution in [0.1, 0.15) is 12.5 Å². The Kier molecular flexibility index (Phi) is 7.40. The molecule has 0 fully saturated rings. The monoisotopic (exact) mass is 267 g/mol. The first-order chi connectivity index (χ1) is 9.19. The van der Waals surface area contributed by atoms with E-state index in [0.717, 1.165) is 25.5 Å². The van der Waals surface area contributed by atoms with Gasteiger partial charge in [0, 0.05) is 40.6 Å². The molecule has 0 aliphatic heterocycles. The Morgan fingerprint density at radius 2 is 2.11 bits per heavy atom. The second-order valence-electron chi connectivity index (χ2n) is 4.61. The summed E-state index contributed by atoms with van der Waals surface area (Å²) in [4.78, 5) is 6.60. The normalized spacial score (nSPS) is 12.4. The van der Waals surface area contributed by atoms with Gasteiger partial charge in [-0.1, -0.05) is 6.07 Å². The number of aromatic nitrogens is 1. The third-order valence-corrected chi connectivity index (χ3v) is 3.05. The highest BCUT2D eigenvalue weighted by molar-refractivity contribution is 5.39. The molecule has 1 rings (SSSR count). The van der Waals surface area contributed by atoms with Crippen molar-refractivity contribution in [3.8, 4) is 0 Å². The second kappa shape index (κ2) is 8.85. The van der Waals surface area contributed by atoms with Crippen molar-refractivity contribution in [1.82, 2.24) is 10.3 Å². The van der Waals surface area contributed by atoms with E-state index in [4.69, 9.17) is 9.47 Å². The summed E-state index contributed by atoms with van der Waals surface area (Å²) in [5, 5.41) is 3.30. The molecule has 1 heterocycles. The average Bonchev–Trinajstić information content (AvgIpc) is 2.44. The minimum atomic E-state index is 0.308. The van der Waals surface area contributed by atoms with Crippen LogP contribution in [0.15, 0.2) is 18.3 Å². The Labute approximate surface area is 115 Å². The van der Waals surface area contributed by atoms with E-state index in [-0.39, 0.29) is 0 Å². The van der Waals surface area contributed by atoms with Crippen molar-refractivity contribution in [3.05, 3.63) is 23.9 Å². The Hall–Kier alpha value is -1.17. The van der Waals surface area contributed by atoms with Crippen LogP contribution in [0.2, 0.25) is 0 Å². The van der Waals surface area contributed by atoms with E-state index in [1.165, 1.54) is 5.56 Å². The van der Waals surface area contributed by atoms with Gasteiger partial charge in [-0.2, -0.15) is 0 Å². The van der Waals surface area contributed by atoms with Crippen LogP contribution in [0.25, 0.3) is 0 Å². The Balaban J connectivity index is 2.46. The number of nitrogens with one attached hydrogen (secondary N) is 1. The van der Waals surface area contributed by atoms with Crippen LogP contribution in [0.4, 0.5) is 5.82 Å². The molecule has 1 aromatic rings. The second-order valence-corrected chi connectivity index (χ2v) is 4.61. The topological polar surface area (TPSA) is 46.6 Å². The molecule has 5 nitrogen and oxygen atoms in total. The molecule has 0 amide bonds. The van der Waals surface area contributed by atoms with Crippen LogP contribution in [0, 0.1) is 0 Å². The molecule has 1 N–H and O–H groups in total. The molecular formula is C14H25N3O2. The number of ether oxygens (including phenoxy) is 2. The minimum absolute atomic E-state index is 0.308. The fourth-order valence-corrected chi connectivity index (χ4v) is 1.72. The van der Waals surface area contributed by atoms with Gasteiger partial charge < -0.3 is 19.7 Å². The molecule has 0 aliphatic rings. The van der Waals surface area contributed by atoms with E-state index >= 15 is 0 Å². The van der Waals surface area contributed by atoms with E-state index in [1.807, 2.05) is 19.3 Å². The summed E-state index contributed by atoms with van der Waals surface area (Å²) in [6, 6.07) is 4.45. The molecule has 1 unspecified atom stereocenters. The number of methoxy groups -OCH3 is 2. The summed E-state index contributed by atoms with van der Waals surface area (Å²) in [5.41, 5.74) is 1.17. The van der Waals surface area contributed by atoms with E-state index < -0.39 is 0 Å². The summed E-state index contributed by atoms with van der Waals surface area (Å²) in [6.45, 7) is 5.20. The predicted molar refractivity (Wildman–Crippen MR) is 77.6 cm³/mol. The van der Waals surface area contributed by atoms with Crippen LogP contribution < -0.4 is 10.2 Å². The van der Waals surface area contributed by atoms with Gasteiger partial charge in [0.25, 0.3) is 0 Å². The summed E-state index contributed by atoms with van der Waals surface area (Å²) in [5.74, 6) is 0.963. The third kappa shape index (κ3) is 5.55. The zero-order chi connectivity index (χ0) is 14.1. The number of pyridine rings is 1. The predicted octanol–water partition coefficient (Wildman–Crippen LogP) is 1.29. The molecule has 0 saturated heterocycles. The smallest absolute Gasteiger partial charge is 0.128 e. The highest BCUT2D eigenvalue weighted by Crippen LogP contribution is 2.12. The molecular weight excluding hydrogens is 242 g/mol. The summed E-state index contributed by atoms with van der Waals surface area (Å²) in [6.07, 6.45) is 1.91. The van der Waals surface area contributed by atoms with Gasteiger partial charge in [-0.05, 0) is 18.6 Å². The Bertz CT molecular complexity index is 343. The maximum atomic E-state index is 5.15. The summed E-state index contributed by atoms with van der Waals surface area (Å²) < 4.78 is 10.1. The molecule has 1 aromatic heterocycles. The maximum absolute atomic E-state index is 5.15. The van der Waals surface area contributed by atoms with Gasteiger partial charge >= 0.3 is 0 Å². The van der Waals surface area contributed by atoms with Crippen LogP contribution in [-0.2, 0) is 16.0 Å². The van der Waals surface area contributed by atoms with Crippen LogP contribution in [0.5, 0.6) is 0 Å². The van der Waals surface area contributed by atoms with Gasteiger partial charge in [0.2, 0.25) is 0 Å². The van der Waals surface area contributed by atoms with Crippen molar-refractivity contribution in [2.75, 3.05) is 45.9 Å². The molecule has 0 aliphatic carbocycles. The van der Waals surface area contributed by atoms with Gasteiger partial charge in [0.15, 0.2) is 0 Å². The lowest BCUT2D eigenvalue weighted by molar-refractivity contribution is 0.183. The molecule has 0 bridgehead atoms. The first-order valence-corrected chi connectivity index (χ1v) is 6.55. The van der Waals surface area contributed by atoms with Crippen LogP contribution >= 0.6 is 0 Å². The summed E-state index contributed by atoms with van der Waals surface area (Å²) in [7, 11) is 5.45. The standard InChI is InChI=1S/C14H25N3O2/c1-12(11-19-4)17(2)14-6-5-13(10-16-14)9-15-7-8-18-3/h5-6,10,12,15H,7-9,11H2,1-4H3. The van der Waals surface area contributed by atoms with Gasteiger partial charge in [-0.3, -0.25) is 0 Å². The number of hydrogen-bond acceptors (Lipinski definition) is 5. The number of hydrogen-bond donors (Lipinski definition) is 1. The number of rotatable bonds is 9. The number of anilines is 1. The van der Waals surface area contributed by atoms with E-state index in [2.05, 4.69) is 28.2 Å². The molecule has 0 saturated carbocycles. The maximum Gasteiger partial charge on any atom is 0.128 e. The molecule has 1 atom stereocenters. The highest BCUT2D eigenvalue weighted by atomic mass is 16.5. The van der Waals surface area contributed by atoms with Crippen LogP contribution in [-0.4, -0.2) is 52.1 Å². The van der Waals surface area contributed by atoms with E-state index in [9.17, 15) is 0 Å². The first kappa shape index (κ1) is 15.9. The summed E-state index contributed by atoms with van der Waals surface area (Å²) >= 11 is 0. The van der Waals surface area contributed by atoms with Crippen molar-refractivity contribution in [3.63, 3.8) is 0 Å². The lowest BCUT2D eigenvalue weighted by Crippen LogP contribution is -2.33. The lowest BCUT2D eigenvalue weighted by Gasteiger charge is -2.25. The van der Waals surface area contributed by atoms with Crippen LogP contribution in [0.3, 0.4) is 0 Å².